The first-order valence-electron chi connectivity index (χ1n) is 8.71. The van der Waals surface area contributed by atoms with Crippen molar-refractivity contribution in [2.24, 2.45) is 5.92 Å². The van der Waals surface area contributed by atoms with Crippen molar-refractivity contribution >= 4 is 32.8 Å². The number of aromatic nitrogens is 3. The van der Waals surface area contributed by atoms with E-state index in [1.54, 1.807) is 4.90 Å². The van der Waals surface area contributed by atoms with Crippen molar-refractivity contribution in [2.75, 3.05) is 11.4 Å². The van der Waals surface area contributed by atoms with E-state index in [-0.39, 0.29) is 12.1 Å². The van der Waals surface area contributed by atoms with Gasteiger partial charge in [-0.25, -0.2) is 0 Å². The average molecular weight is 443 g/mol. The maximum atomic E-state index is 12.9. The van der Waals surface area contributed by atoms with Crippen molar-refractivity contribution in [3.05, 3.63) is 39.8 Å². The van der Waals surface area contributed by atoms with Crippen LogP contribution in [0, 0.1) is 5.92 Å². The summed E-state index contributed by atoms with van der Waals surface area (Å²) in [7, 11) is 0. The molecule has 1 aliphatic heterocycles. The molecule has 3 heterocycles. The van der Waals surface area contributed by atoms with Gasteiger partial charge in [0.1, 0.15) is 0 Å². The first kappa shape index (κ1) is 18.3. The van der Waals surface area contributed by atoms with Crippen molar-refractivity contribution in [2.45, 2.75) is 38.9 Å². The van der Waals surface area contributed by atoms with Crippen LogP contribution in [0.4, 0.5) is 19.2 Å². The minimum atomic E-state index is -4.65. The van der Waals surface area contributed by atoms with Crippen LogP contribution >= 0.6 is 15.9 Å². The second-order valence-corrected chi connectivity index (χ2v) is 8.10. The molecule has 2 aromatic heterocycles. The van der Waals surface area contributed by atoms with Crippen LogP contribution in [0.1, 0.15) is 43.5 Å². The number of H-pyrrole nitrogens is 1. The van der Waals surface area contributed by atoms with Crippen LogP contribution in [-0.2, 0) is 12.6 Å². The number of anilines is 1. The number of aromatic amines is 1. The number of nitrogens with zero attached hydrogens (tertiary/aromatic N) is 3. The predicted octanol–water partition coefficient (Wildman–Crippen LogP) is 5.48. The normalized spacial score (nSPS) is 17.7. The van der Waals surface area contributed by atoms with Crippen LogP contribution in [0.15, 0.2) is 27.1 Å². The molecule has 27 heavy (non-hydrogen) atoms. The molecule has 0 unspecified atom stereocenters. The Labute approximate surface area is 162 Å². The van der Waals surface area contributed by atoms with Crippen molar-refractivity contribution in [3.63, 3.8) is 0 Å². The standard InChI is InChI=1S/C18H18BrF3N4O/c1-9(2)7-14-15-11(12-8-10(19)3-4-13(12)23-15)5-6-26(14)17-25-24-16(27-17)18(20,21)22/h3-4,8-9,14,23H,5-7H2,1-2H3/t14-/m0/s1. The molecule has 1 atom stereocenters. The molecule has 9 heteroatoms. The van der Waals surface area contributed by atoms with E-state index in [0.717, 1.165) is 27.5 Å². The van der Waals surface area contributed by atoms with E-state index in [1.165, 1.54) is 5.56 Å². The highest BCUT2D eigenvalue weighted by Gasteiger charge is 2.40. The second-order valence-electron chi connectivity index (χ2n) is 7.18. The van der Waals surface area contributed by atoms with E-state index in [2.05, 4.69) is 51.0 Å². The molecule has 1 aliphatic rings. The molecule has 1 N–H and O–H groups in total. The molecule has 1 aromatic carbocycles. The van der Waals surface area contributed by atoms with Gasteiger partial charge in [0.15, 0.2) is 0 Å². The summed E-state index contributed by atoms with van der Waals surface area (Å²) in [6.45, 7) is 4.69. The van der Waals surface area contributed by atoms with Gasteiger partial charge in [0, 0.05) is 27.6 Å². The summed E-state index contributed by atoms with van der Waals surface area (Å²) in [5.41, 5.74) is 3.22. The number of hydrogen-bond donors (Lipinski definition) is 1. The lowest BCUT2D eigenvalue weighted by Crippen LogP contribution is -2.36. The van der Waals surface area contributed by atoms with Gasteiger partial charge in [-0.15, -0.1) is 5.10 Å². The average Bonchev–Trinajstić information content (AvgIpc) is 3.19. The third kappa shape index (κ3) is 3.33. The maximum Gasteiger partial charge on any atom is 0.470 e. The van der Waals surface area contributed by atoms with E-state index >= 15 is 0 Å². The monoisotopic (exact) mass is 442 g/mol. The highest BCUT2D eigenvalue weighted by atomic mass is 79.9. The number of nitrogens with one attached hydrogen (secondary N) is 1. The van der Waals surface area contributed by atoms with Gasteiger partial charge in [-0.2, -0.15) is 13.2 Å². The molecule has 0 bridgehead atoms. The van der Waals surface area contributed by atoms with E-state index in [4.69, 9.17) is 4.42 Å². The van der Waals surface area contributed by atoms with Gasteiger partial charge in [0.25, 0.3) is 0 Å². The lowest BCUT2D eigenvalue weighted by atomic mass is 9.92. The van der Waals surface area contributed by atoms with Crippen LogP contribution in [-0.4, -0.2) is 21.7 Å². The SMILES string of the molecule is CC(C)C[C@H]1c2[nH]c3ccc(Br)cc3c2CCN1c1nnc(C(F)(F)F)o1. The van der Waals surface area contributed by atoms with Gasteiger partial charge in [-0.1, -0.05) is 34.9 Å². The molecule has 4 rings (SSSR count). The molecule has 0 saturated heterocycles. The third-order valence-electron chi connectivity index (χ3n) is 4.81. The summed E-state index contributed by atoms with van der Waals surface area (Å²) in [6, 6.07) is 5.80. The van der Waals surface area contributed by atoms with Gasteiger partial charge in [0.2, 0.25) is 0 Å². The van der Waals surface area contributed by atoms with E-state index < -0.39 is 12.1 Å². The highest BCUT2D eigenvalue weighted by molar-refractivity contribution is 9.10. The van der Waals surface area contributed by atoms with Gasteiger partial charge in [0.05, 0.1) is 6.04 Å². The zero-order valence-corrected chi connectivity index (χ0v) is 16.4. The first-order chi connectivity index (χ1) is 12.7. The Morgan fingerprint density at radius 3 is 2.78 bits per heavy atom. The van der Waals surface area contributed by atoms with Crippen molar-refractivity contribution in [3.8, 4) is 0 Å². The molecule has 0 amide bonds. The molecule has 5 nitrogen and oxygen atoms in total. The number of rotatable bonds is 3. The van der Waals surface area contributed by atoms with E-state index in [1.807, 2.05) is 12.1 Å². The minimum Gasteiger partial charge on any atom is -0.399 e. The largest absolute Gasteiger partial charge is 0.470 e. The summed E-state index contributed by atoms with van der Waals surface area (Å²) in [6.07, 6.45) is -3.21. The van der Waals surface area contributed by atoms with Gasteiger partial charge >= 0.3 is 18.1 Å². The van der Waals surface area contributed by atoms with Crippen LogP contribution < -0.4 is 4.90 Å². The number of alkyl halides is 3. The van der Waals surface area contributed by atoms with Crippen molar-refractivity contribution in [1.29, 1.82) is 0 Å². The van der Waals surface area contributed by atoms with Crippen molar-refractivity contribution in [1.82, 2.24) is 15.2 Å². The molecular weight excluding hydrogens is 425 g/mol. The fourth-order valence-corrected chi connectivity index (χ4v) is 4.07. The van der Waals surface area contributed by atoms with E-state index in [9.17, 15) is 13.2 Å². The Balaban J connectivity index is 1.78. The topological polar surface area (TPSA) is 58.0 Å². The molecule has 0 spiro atoms. The number of hydrogen-bond acceptors (Lipinski definition) is 4. The molecule has 0 aliphatic carbocycles. The molecule has 0 fully saturated rings. The van der Waals surface area contributed by atoms with Crippen LogP contribution in [0.3, 0.4) is 0 Å². The Morgan fingerprint density at radius 1 is 1.33 bits per heavy atom. The summed E-state index contributed by atoms with van der Waals surface area (Å²) < 4.78 is 44.6. The Bertz CT molecular complexity index is 979. The quantitative estimate of drug-likeness (QED) is 0.583. The summed E-state index contributed by atoms with van der Waals surface area (Å²) >= 11 is 3.51. The zero-order valence-electron chi connectivity index (χ0n) is 14.8. The molecule has 0 saturated carbocycles. The Kier molecular flexibility index (Phi) is 4.44. The summed E-state index contributed by atoms with van der Waals surface area (Å²) in [4.78, 5) is 5.25. The number of fused-ring (bicyclic) bond motifs is 3. The minimum absolute atomic E-state index is 0.0848. The fraction of sp³-hybridized carbons (Fsp3) is 0.444. The van der Waals surface area contributed by atoms with Crippen LogP contribution in [0.2, 0.25) is 0 Å². The lowest BCUT2D eigenvalue weighted by molar-refractivity contribution is -0.157. The molecule has 144 valence electrons. The Morgan fingerprint density at radius 2 is 2.11 bits per heavy atom. The second kappa shape index (κ2) is 6.54. The number of benzene rings is 1. The van der Waals surface area contributed by atoms with Crippen LogP contribution in [0.5, 0.6) is 0 Å². The maximum absolute atomic E-state index is 12.9. The lowest BCUT2D eigenvalue weighted by Gasteiger charge is -2.35. The smallest absolute Gasteiger partial charge is 0.399 e. The zero-order chi connectivity index (χ0) is 19.3. The summed E-state index contributed by atoms with van der Waals surface area (Å²) in [5.74, 6) is -0.973. The third-order valence-corrected chi connectivity index (χ3v) is 5.30. The van der Waals surface area contributed by atoms with Crippen LogP contribution in [0.25, 0.3) is 10.9 Å². The fourth-order valence-electron chi connectivity index (χ4n) is 3.71. The number of halogens is 4. The first-order valence-corrected chi connectivity index (χ1v) is 9.50. The highest BCUT2D eigenvalue weighted by Crippen LogP contribution is 2.41. The van der Waals surface area contributed by atoms with Gasteiger partial charge in [-0.05, 0) is 42.5 Å². The van der Waals surface area contributed by atoms with E-state index in [0.29, 0.717) is 18.9 Å². The predicted molar refractivity (Wildman–Crippen MR) is 98.5 cm³/mol. The Hall–Kier alpha value is -2.03. The summed E-state index contributed by atoms with van der Waals surface area (Å²) in [5, 5.41) is 7.99. The van der Waals surface area contributed by atoms with Gasteiger partial charge < -0.3 is 14.3 Å². The molecule has 0 radical (unpaired) electrons. The molecular formula is C18H18BrF3N4O. The van der Waals surface area contributed by atoms with Crippen molar-refractivity contribution < 1.29 is 17.6 Å². The molecule has 3 aromatic rings. The van der Waals surface area contributed by atoms with Gasteiger partial charge in [-0.3, -0.25) is 0 Å².